The average molecular weight is 341 g/mol. The van der Waals surface area contributed by atoms with Gasteiger partial charge in [0.05, 0.1) is 23.5 Å². The quantitative estimate of drug-likeness (QED) is 0.783. The summed E-state index contributed by atoms with van der Waals surface area (Å²) in [4.78, 5) is 22.4. The van der Waals surface area contributed by atoms with Crippen molar-refractivity contribution in [3.63, 3.8) is 0 Å². The van der Waals surface area contributed by atoms with Crippen molar-refractivity contribution in [3.8, 4) is 0 Å². The fourth-order valence-electron chi connectivity index (χ4n) is 2.65. The molecule has 0 unspecified atom stereocenters. The molecule has 1 aliphatic carbocycles. The lowest BCUT2D eigenvalue weighted by atomic mass is 9.87. The van der Waals surface area contributed by atoms with Gasteiger partial charge in [-0.25, -0.2) is 17.9 Å². The smallest absolute Gasteiger partial charge is 0.337 e. The molecule has 0 radical (unpaired) electrons. The summed E-state index contributed by atoms with van der Waals surface area (Å²) in [5, 5.41) is 8.96. The fourth-order valence-corrected chi connectivity index (χ4v) is 4.00. The molecule has 1 saturated carbocycles. The first-order valence-electron chi connectivity index (χ1n) is 7.27. The van der Waals surface area contributed by atoms with E-state index < -0.39 is 27.9 Å². The van der Waals surface area contributed by atoms with Gasteiger partial charge in [-0.05, 0) is 43.9 Å². The van der Waals surface area contributed by atoms with Gasteiger partial charge in [0.25, 0.3) is 0 Å². The van der Waals surface area contributed by atoms with Gasteiger partial charge in [0, 0.05) is 6.04 Å². The highest BCUT2D eigenvalue weighted by Crippen LogP contribution is 2.25. The van der Waals surface area contributed by atoms with E-state index >= 15 is 0 Å². The molecular formula is C15H19NO6S. The highest BCUT2D eigenvalue weighted by Gasteiger charge is 2.29. The zero-order valence-electron chi connectivity index (χ0n) is 12.7. The van der Waals surface area contributed by atoms with Crippen molar-refractivity contribution < 1.29 is 27.9 Å². The highest BCUT2D eigenvalue weighted by molar-refractivity contribution is 7.89. The van der Waals surface area contributed by atoms with Gasteiger partial charge >= 0.3 is 11.9 Å². The van der Waals surface area contributed by atoms with Crippen LogP contribution < -0.4 is 4.72 Å². The molecule has 2 N–H and O–H groups in total. The maximum absolute atomic E-state index is 12.4. The van der Waals surface area contributed by atoms with E-state index in [1.54, 1.807) is 0 Å². The number of sulfonamides is 1. The number of nitrogens with one attached hydrogen (secondary N) is 1. The van der Waals surface area contributed by atoms with Crippen molar-refractivity contribution in [2.75, 3.05) is 7.11 Å². The Labute approximate surface area is 134 Å². The van der Waals surface area contributed by atoms with Gasteiger partial charge in [0.15, 0.2) is 0 Å². The summed E-state index contributed by atoms with van der Waals surface area (Å²) in [5.41, 5.74) is 0.157. The van der Waals surface area contributed by atoms with Crippen molar-refractivity contribution in [2.24, 2.45) is 5.92 Å². The van der Waals surface area contributed by atoms with Gasteiger partial charge in [0.1, 0.15) is 0 Å². The number of hydrogen-bond donors (Lipinski definition) is 2. The van der Waals surface area contributed by atoms with Crippen LogP contribution in [0.2, 0.25) is 0 Å². The third-order valence-corrected chi connectivity index (χ3v) is 5.48. The minimum absolute atomic E-state index is 0.0132. The van der Waals surface area contributed by atoms with Gasteiger partial charge in [-0.15, -0.1) is 0 Å². The number of benzene rings is 1. The van der Waals surface area contributed by atoms with Crippen LogP contribution in [0.3, 0.4) is 0 Å². The topological polar surface area (TPSA) is 110 Å². The maximum atomic E-state index is 12.4. The molecule has 1 aromatic carbocycles. The van der Waals surface area contributed by atoms with Gasteiger partial charge in [0.2, 0.25) is 10.0 Å². The Kier molecular flexibility index (Phi) is 5.38. The zero-order valence-corrected chi connectivity index (χ0v) is 13.5. The number of carboxylic acid groups (broad SMARTS) is 1. The number of rotatable bonds is 5. The Hall–Kier alpha value is -1.93. The summed E-state index contributed by atoms with van der Waals surface area (Å²) in [6.07, 6.45) is 1.86. The number of aliphatic carboxylic acids is 1. The van der Waals surface area contributed by atoms with Crippen LogP contribution in [-0.2, 0) is 19.6 Å². The SMILES string of the molecule is COC(=O)c1cccc(S(=O)(=O)NC2CCC(C(=O)O)CC2)c1. The molecule has 0 aliphatic heterocycles. The molecular weight excluding hydrogens is 322 g/mol. The molecule has 0 spiro atoms. The molecule has 1 aliphatic rings. The first-order valence-corrected chi connectivity index (χ1v) is 8.75. The second kappa shape index (κ2) is 7.10. The van der Waals surface area contributed by atoms with Crippen LogP contribution >= 0.6 is 0 Å². The molecule has 0 atom stereocenters. The summed E-state index contributed by atoms with van der Waals surface area (Å²) in [7, 11) is -2.54. The molecule has 0 heterocycles. The van der Waals surface area contributed by atoms with E-state index in [0.29, 0.717) is 25.7 Å². The van der Waals surface area contributed by atoms with Crippen molar-refractivity contribution in [3.05, 3.63) is 29.8 Å². The Bertz CT molecular complexity index is 692. The maximum Gasteiger partial charge on any atom is 0.337 e. The minimum atomic E-state index is -3.77. The second-order valence-corrected chi connectivity index (χ2v) is 7.24. The first kappa shape index (κ1) is 17.4. The van der Waals surface area contributed by atoms with E-state index in [-0.39, 0.29) is 16.5 Å². The van der Waals surface area contributed by atoms with Crippen LogP contribution in [0.4, 0.5) is 0 Å². The fraction of sp³-hybridized carbons (Fsp3) is 0.467. The summed E-state index contributed by atoms with van der Waals surface area (Å²) < 4.78 is 32.0. The van der Waals surface area contributed by atoms with Crippen molar-refractivity contribution in [2.45, 2.75) is 36.6 Å². The van der Waals surface area contributed by atoms with E-state index in [1.165, 1.54) is 31.4 Å². The summed E-state index contributed by atoms with van der Waals surface area (Å²) in [6.45, 7) is 0. The zero-order chi connectivity index (χ0) is 17.0. The molecule has 0 bridgehead atoms. The van der Waals surface area contributed by atoms with E-state index in [1.807, 2.05) is 0 Å². The molecule has 0 aromatic heterocycles. The largest absolute Gasteiger partial charge is 0.481 e. The Morgan fingerprint density at radius 2 is 1.87 bits per heavy atom. The molecule has 8 heteroatoms. The van der Waals surface area contributed by atoms with Crippen LogP contribution in [0.5, 0.6) is 0 Å². The predicted octanol–water partition coefficient (Wildman–Crippen LogP) is 1.39. The number of carboxylic acids is 1. The Balaban J connectivity index is 2.08. The van der Waals surface area contributed by atoms with Crippen LogP contribution in [0.1, 0.15) is 36.0 Å². The molecule has 23 heavy (non-hydrogen) atoms. The number of carbonyl (C=O) groups excluding carboxylic acids is 1. The molecule has 0 saturated heterocycles. The highest BCUT2D eigenvalue weighted by atomic mass is 32.2. The van der Waals surface area contributed by atoms with E-state index in [0.717, 1.165) is 0 Å². The van der Waals surface area contributed by atoms with Crippen LogP contribution in [0.25, 0.3) is 0 Å². The van der Waals surface area contributed by atoms with E-state index in [2.05, 4.69) is 9.46 Å². The second-order valence-electron chi connectivity index (χ2n) is 5.53. The molecule has 126 valence electrons. The number of ether oxygens (including phenoxy) is 1. The van der Waals surface area contributed by atoms with Crippen molar-refractivity contribution >= 4 is 22.0 Å². The molecule has 1 fully saturated rings. The number of carbonyl (C=O) groups is 2. The van der Waals surface area contributed by atoms with Gasteiger partial charge in [-0.3, -0.25) is 4.79 Å². The summed E-state index contributed by atoms with van der Waals surface area (Å²) in [5.74, 6) is -1.85. The Morgan fingerprint density at radius 3 is 2.43 bits per heavy atom. The summed E-state index contributed by atoms with van der Waals surface area (Å²) in [6, 6.07) is 5.32. The molecule has 1 aromatic rings. The normalized spacial score (nSPS) is 21.6. The van der Waals surface area contributed by atoms with Gasteiger partial charge in [-0.2, -0.15) is 0 Å². The standard InChI is InChI=1S/C15H19NO6S/c1-22-15(19)11-3-2-4-13(9-11)23(20,21)16-12-7-5-10(6-8-12)14(17)18/h2-4,9-10,12,16H,5-8H2,1H3,(H,17,18). The number of esters is 1. The molecule has 0 amide bonds. The van der Waals surface area contributed by atoms with Gasteiger partial charge < -0.3 is 9.84 Å². The summed E-state index contributed by atoms with van der Waals surface area (Å²) >= 11 is 0. The van der Waals surface area contributed by atoms with E-state index in [9.17, 15) is 18.0 Å². The Morgan fingerprint density at radius 1 is 1.22 bits per heavy atom. The van der Waals surface area contributed by atoms with Crippen LogP contribution in [0.15, 0.2) is 29.2 Å². The lowest BCUT2D eigenvalue weighted by molar-refractivity contribution is -0.142. The monoisotopic (exact) mass is 341 g/mol. The molecule has 7 nitrogen and oxygen atoms in total. The first-order chi connectivity index (χ1) is 10.8. The molecule has 2 rings (SSSR count). The minimum Gasteiger partial charge on any atom is -0.481 e. The lowest BCUT2D eigenvalue weighted by Crippen LogP contribution is -2.38. The lowest BCUT2D eigenvalue weighted by Gasteiger charge is -2.26. The van der Waals surface area contributed by atoms with Crippen molar-refractivity contribution in [1.82, 2.24) is 4.72 Å². The third kappa shape index (κ3) is 4.29. The van der Waals surface area contributed by atoms with Crippen LogP contribution in [0, 0.1) is 5.92 Å². The predicted molar refractivity (Wildman–Crippen MR) is 81.5 cm³/mol. The van der Waals surface area contributed by atoms with Gasteiger partial charge in [-0.1, -0.05) is 6.07 Å². The number of methoxy groups -OCH3 is 1. The van der Waals surface area contributed by atoms with Crippen molar-refractivity contribution in [1.29, 1.82) is 0 Å². The third-order valence-electron chi connectivity index (χ3n) is 3.96. The number of hydrogen-bond acceptors (Lipinski definition) is 5. The van der Waals surface area contributed by atoms with E-state index in [4.69, 9.17) is 5.11 Å². The van der Waals surface area contributed by atoms with Crippen LogP contribution in [-0.4, -0.2) is 38.6 Å². The average Bonchev–Trinajstić information content (AvgIpc) is 2.54.